The maximum atomic E-state index is 15.9. The van der Waals surface area contributed by atoms with E-state index >= 15 is 4.39 Å². The number of ether oxygens (including phenoxy) is 1. The van der Waals surface area contributed by atoms with E-state index in [-0.39, 0.29) is 29.7 Å². The molecule has 2 aromatic rings. The van der Waals surface area contributed by atoms with E-state index in [1.54, 1.807) is 12.1 Å². The number of fused-ring (bicyclic) bond motifs is 1. The first-order valence-electron chi connectivity index (χ1n) is 13.9. The number of aromatic amines is 1. The van der Waals surface area contributed by atoms with Crippen LogP contribution in [-0.2, 0) is 11.2 Å². The molecule has 6 rings (SSSR count). The van der Waals surface area contributed by atoms with Crippen molar-refractivity contribution in [3.8, 4) is 5.75 Å². The Morgan fingerprint density at radius 3 is 3.00 bits per heavy atom. The van der Waals surface area contributed by atoms with Crippen LogP contribution in [0.25, 0.3) is 5.57 Å². The molecule has 5 N–H and O–H groups in total. The summed E-state index contributed by atoms with van der Waals surface area (Å²) in [6.07, 6.45) is 6.74. The van der Waals surface area contributed by atoms with E-state index in [1.165, 1.54) is 5.57 Å². The van der Waals surface area contributed by atoms with E-state index in [1.807, 2.05) is 12.3 Å². The number of alkyl halides is 1. The molecule has 4 aliphatic rings. The lowest BCUT2D eigenvalue weighted by molar-refractivity contribution is 0.0635. The van der Waals surface area contributed by atoms with Crippen molar-refractivity contribution >= 4 is 5.57 Å². The van der Waals surface area contributed by atoms with Gasteiger partial charge in [0.05, 0.1) is 37.2 Å². The van der Waals surface area contributed by atoms with Crippen LogP contribution >= 0.6 is 0 Å². The molecule has 200 valence electrons. The molecule has 0 spiro atoms. The number of morpholine rings is 1. The summed E-state index contributed by atoms with van der Waals surface area (Å²) in [7, 11) is 0. The van der Waals surface area contributed by atoms with Crippen LogP contribution in [0.1, 0.15) is 60.8 Å². The van der Waals surface area contributed by atoms with E-state index in [4.69, 9.17) is 9.72 Å². The number of phenolic OH excluding ortho intramolecular Hbond substituents is 1. The minimum atomic E-state index is -1.01. The molecule has 3 aliphatic heterocycles. The van der Waals surface area contributed by atoms with Crippen LogP contribution in [-0.4, -0.2) is 77.6 Å². The lowest BCUT2D eigenvalue weighted by Gasteiger charge is -2.36. The van der Waals surface area contributed by atoms with Crippen LogP contribution in [0.4, 0.5) is 4.39 Å². The fraction of sp³-hybridized carbons (Fsp3) is 0.607. The average molecular weight is 511 g/mol. The highest BCUT2D eigenvalue weighted by Crippen LogP contribution is 2.45. The summed E-state index contributed by atoms with van der Waals surface area (Å²) in [6.45, 7) is 7.48. The quantitative estimate of drug-likeness (QED) is 0.408. The highest BCUT2D eigenvalue weighted by Gasteiger charge is 2.48. The number of hydrazine groups is 1. The van der Waals surface area contributed by atoms with Crippen molar-refractivity contribution in [2.45, 2.75) is 62.8 Å². The number of rotatable bonds is 6. The van der Waals surface area contributed by atoms with Gasteiger partial charge in [0.1, 0.15) is 17.7 Å². The van der Waals surface area contributed by atoms with Gasteiger partial charge in [0.25, 0.3) is 0 Å². The summed E-state index contributed by atoms with van der Waals surface area (Å²) in [5.74, 6) is 1.08. The molecule has 9 heteroatoms. The number of imidazole rings is 1. The van der Waals surface area contributed by atoms with Crippen molar-refractivity contribution < 1.29 is 14.2 Å². The third-order valence-corrected chi connectivity index (χ3v) is 8.68. The smallest absolute Gasteiger partial charge is 0.125 e. The second kappa shape index (κ2) is 10.8. The van der Waals surface area contributed by atoms with E-state index < -0.39 is 6.17 Å². The van der Waals surface area contributed by atoms with Crippen LogP contribution in [0.5, 0.6) is 5.75 Å². The second-order valence-electron chi connectivity index (χ2n) is 11.0. The van der Waals surface area contributed by atoms with Gasteiger partial charge >= 0.3 is 0 Å². The highest BCUT2D eigenvalue weighted by atomic mass is 19.1. The molecule has 5 unspecified atom stereocenters. The number of aryl methyl sites for hydroxylation is 1. The van der Waals surface area contributed by atoms with Crippen molar-refractivity contribution in [2.75, 3.05) is 39.4 Å². The largest absolute Gasteiger partial charge is 0.508 e. The molecule has 1 aromatic carbocycles. The van der Waals surface area contributed by atoms with Gasteiger partial charge in [0, 0.05) is 44.1 Å². The Bertz CT molecular complexity index is 1120. The first-order chi connectivity index (χ1) is 18.1. The zero-order valence-corrected chi connectivity index (χ0v) is 21.5. The molecule has 6 atom stereocenters. The van der Waals surface area contributed by atoms with Gasteiger partial charge < -0.3 is 20.1 Å². The third-order valence-electron chi connectivity index (χ3n) is 8.68. The number of aromatic hydroxyl groups is 1. The number of nitrogens with one attached hydrogen (secondary N) is 4. The number of halogens is 1. The fourth-order valence-electron chi connectivity index (χ4n) is 6.77. The number of benzene rings is 1. The zero-order chi connectivity index (χ0) is 25.4. The predicted molar refractivity (Wildman–Crippen MR) is 141 cm³/mol. The molecular formula is C28H39FN6O2. The van der Waals surface area contributed by atoms with E-state index in [9.17, 15) is 5.11 Å². The summed E-state index contributed by atoms with van der Waals surface area (Å²) in [5, 5.41) is 13.4. The topological polar surface area (TPSA) is 97.5 Å². The minimum Gasteiger partial charge on any atom is -0.508 e. The Labute approximate surface area is 218 Å². The summed E-state index contributed by atoms with van der Waals surface area (Å²) < 4.78 is 21.5. The number of H-pyrrole nitrogens is 1. The molecule has 0 radical (unpaired) electrons. The van der Waals surface area contributed by atoms with Crippen LogP contribution in [0, 0.1) is 5.92 Å². The highest BCUT2D eigenvalue weighted by molar-refractivity contribution is 5.64. The third kappa shape index (κ3) is 5.07. The zero-order valence-electron chi connectivity index (χ0n) is 21.5. The average Bonchev–Trinajstić information content (AvgIpc) is 3.58. The van der Waals surface area contributed by atoms with Gasteiger partial charge in [0.2, 0.25) is 0 Å². The van der Waals surface area contributed by atoms with Crippen molar-refractivity contribution in [3.63, 3.8) is 0 Å². The Hall–Kier alpha value is -2.30. The molecule has 0 bridgehead atoms. The van der Waals surface area contributed by atoms with E-state index in [2.05, 4.69) is 39.1 Å². The molecular weight excluding hydrogens is 471 g/mol. The van der Waals surface area contributed by atoms with Gasteiger partial charge in [-0.15, -0.1) is 0 Å². The van der Waals surface area contributed by atoms with E-state index in [0.29, 0.717) is 6.04 Å². The summed E-state index contributed by atoms with van der Waals surface area (Å²) >= 11 is 0. The number of phenols is 1. The minimum absolute atomic E-state index is 0.0488. The molecule has 1 saturated carbocycles. The first kappa shape index (κ1) is 25.0. The Morgan fingerprint density at radius 2 is 2.16 bits per heavy atom. The van der Waals surface area contributed by atoms with Crippen LogP contribution in [0.15, 0.2) is 30.5 Å². The maximum absolute atomic E-state index is 15.9. The Kier molecular flexibility index (Phi) is 7.31. The van der Waals surface area contributed by atoms with Crippen LogP contribution < -0.4 is 16.2 Å². The summed E-state index contributed by atoms with van der Waals surface area (Å²) in [5.41, 5.74) is 11.0. The molecule has 3 fully saturated rings. The SMILES string of the molecule is CCc1cc(O)ccc1C1CCC2C(c3ncc(C4=CCCN(C[C@H]5COCCN5)C4)[nH]3)NNC2C1F. The fourth-order valence-corrected chi connectivity index (χ4v) is 6.77. The number of aromatic nitrogens is 2. The normalized spacial score (nSPS) is 32.8. The van der Waals surface area contributed by atoms with Crippen molar-refractivity contribution in [1.82, 2.24) is 31.0 Å². The van der Waals surface area contributed by atoms with Gasteiger partial charge in [-0.25, -0.2) is 14.8 Å². The number of hydrogen-bond acceptors (Lipinski definition) is 7. The molecule has 8 nitrogen and oxygen atoms in total. The number of nitrogens with zero attached hydrogens (tertiary/aromatic N) is 2. The van der Waals surface area contributed by atoms with Crippen LogP contribution in [0.2, 0.25) is 0 Å². The van der Waals surface area contributed by atoms with Gasteiger partial charge in [-0.3, -0.25) is 10.3 Å². The van der Waals surface area contributed by atoms with Gasteiger partial charge in [-0.2, -0.15) is 0 Å². The number of hydrogen-bond donors (Lipinski definition) is 5. The Balaban J connectivity index is 1.12. The summed E-state index contributed by atoms with van der Waals surface area (Å²) in [6, 6.07) is 5.43. The van der Waals surface area contributed by atoms with Gasteiger partial charge in [0.15, 0.2) is 0 Å². The Morgan fingerprint density at radius 1 is 1.24 bits per heavy atom. The van der Waals surface area contributed by atoms with Gasteiger partial charge in [-0.05, 0) is 54.5 Å². The molecule has 0 amide bonds. The van der Waals surface area contributed by atoms with E-state index in [0.717, 1.165) is 87.7 Å². The van der Waals surface area contributed by atoms with Crippen molar-refractivity contribution in [3.05, 3.63) is 53.1 Å². The van der Waals surface area contributed by atoms with Gasteiger partial charge in [-0.1, -0.05) is 19.1 Å². The van der Waals surface area contributed by atoms with Crippen LogP contribution in [0.3, 0.4) is 0 Å². The summed E-state index contributed by atoms with van der Waals surface area (Å²) in [4.78, 5) is 10.8. The second-order valence-corrected chi connectivity index (χ2v) is 11.0. The lowest BCUT2D eigenvalue weighted by atomic mass is 9.71. The molecule has 1 aromatic heterocycles. The molecule has 37 heavy (non-hydrogen) atoms. The van der Waals surface area contributed by atoms with Crippen molar-refractivity contribution in [1.29, 1.82) is 0 Å². The molecule has 2 saturated heterocycles. The first-order valence-corrected chi connectivity index (χ1v) is 13.9. The monoisotopic (exact) mass is 510 g/mol. The predicted octanol–water partition coefficient (Wildman–Crippen LogP) is 2.80. The standard InChI is InChI=1S/C28H39FN6O2/c1-2-17-12-20(36)5-6-21(17)22-7-8-23-26(25(22)29)33-34-27(23)28-31-13-24(32-28)18-4-3-10-35(14-18)15-19-16-37-11-9-30-19/h4-6,12-13,19,22-23,25-27,30,33-34,36H,2-3,7-11,14-16H2,1H3,(H,31,32)/t19-,22?,23?,25?,26?,27?/m0/s1. The van der Waals surface area contributed by atoms with Crippen molar-refractivity contribution in [2.24, 2.45) is 5.92 Å². The molecule has 1 aliphatic carbocycles. The molecule has 4 heterocycles. The lowest BCUT2D eigenvalue weighted by Crippen LogP contribution is -2.49. The maximum Gasteiger partial charge on any atom is 0.125 e.